The zero-order valence-corrected chi connectivity index (χ0v) is 13.4. The fourth-order valence-corrected chi connectivity index (χ4v) is 2.26. The number of hydrogen-bond acceptors (Lipinski definition) is 3. The van der Waals surface area contributed by atoms with Gasteiger partial charge in [-0.15, -0.1) is 0 Å². The summed E-state index contributed by atoms with van der Waals surface area (Å²) in [5.41, 5.74) is 3.95. The molecule has 108 valence electrons. The van der Waals surface area contributed by atoms with E-state index in [-0.39, 0.29) is 0 Å². The number of nitrogens with zero attached hydrogens (tertiary/aromatic N) is 2. The summed E-state index contributed by atoms with van der Waals surface area (Å²) in [6, 6.07) is 2.19. The number of anilines is 1. The zero-order valence-electron chi connectivity index (χ0n) is 13.4. The summed E-state index contributed by atoms with van der Waals surface area (Å²) in [6.45, 7) is 14.0. The normalized spacial score (nSPS) is 11.7. The van der Waals surface area contributed by atoms with Crippen LogP contribution in [0.15, 0.2) is 12.3 Å². The molecule has 0 bridgehead atoms. The summed E-state index contributed by atoms with van der Waals surface area (Å²) in [4.78, 5) is 6.78. The van der Waals surface area contributed by atoms with E-state index in [4.69, 9.17) is 0 Å². The maximum absolute atomic E-state index is 4.43. The number of pyridine rings is 1. The molecule has 19 heavy (non-hydrogen) atoms. The number of rotatable bonds is 6. The average Bonchev–Trinajstić information content (AvgIpc) is 2.29. The first kappa shape index (κ1) is 16.0. The largest absolute Gasteiger partial charge is 0.374 e. The van der Waals surface area contributed by atoms with Crippen LogP contribution in [0.25, 0.3) is 0 Å². The highest BCUT2D eigenvalue weighted by Gasteiger charge is 2.16. The van der Waals surface area contributed by atoms with Crippen molar-refractivity contribution in [1.82, 2.24) is 10.3 Å². The third kappa shape index (κ3) is 5.60. The van der Waals surface area contributed by atoms with Crippen LogP contribution in [-0.4, -0.2) is 25.1 Å². The van der Waals surface area contributed by atoms with Crippen LogP contribution in [-0.2, 0) is 6.54 Å². The molecule has 0 spiro atoms. The number of hydrogen-bond donors (Lipinski definition) is 1. The summed E-state index contributed by atoms with van der Waals surface area (Å²) < 4.78 is 0. The quantitative estimate of drug-likeness (QED) is 0.798. The van der Waals surface area contributed by atoms with Gasteiger partial charge in [-0.25, -0.2) is 0 Å². The molecule has 0 aliphatic heterocycles. The molecular weight excluding hydrogens is 234 g/mol. The van der Waals surface area contributed by atoms with Crippen LogP contribution in [0.3, 0.4) is 0 Å². The van der Waals surface area contributed by atoms with Crippen LogP contribution < -0.4 is 10.2 Å². The molecule has 1 heterocycles. The smallest absolute Gasteiger partial charge is 0.0443 e. The summed E-state index contributed by atoms with van der Waals surface area (Å²) >= 11 is 0. The van der Waals surface area contributed by atoms with Crippen molar-refractivity contribution in [1.29, 1.82) is 0 Å². The van der Waals surface area contributed by atoms with Gasteiger partial charge in [0.15, 0.2) is 0 Å². The first-order valence-electron chi connectivity index (χ1n) is 7.21. The summed E-state index contributed by atoms with van der Waals surface area (Å²) in [6.07, 6.45) is 3.17. The van der Waals surface area contributed by atoms with Gasteiger partial charge < -0.3 is 10.2 Å². The second-order valence-electron chi connectivity index (χ2n) is 6.55. The molecule has 3 nitrogen and oxygen atoms in total. The fraction of sp³-hybridized carbons (Fsp3) is 0.688. The minimum atomic E-state index is 0.292. The van der Waals surface area contributed by atoms with Crippen LogP contribution in [0.5, 0.6) is 0 Å². The monoisotopic (exact) mass is 263 g/mol. The van der Waals surface area contributed by atoms with E-state index in [1.165, 1.54) is 11.3 Å². The molecule has 3 heteroatoms. The van der Waals surface area contributed by atoms with Crippen molar-refractivity contribution in [3.63, 3.8) is 0 Å². The summed E-state index contributed by atoms with van der Waals surface area (Å²) in [5.74, 6) is 0. The molecule has 0 saturated carbocycles. The lowest BCUT2D eigenvalue weighted by atomic mass is 9.96. The molecule has 1 rings (SSSR count). The van der Waals surface area contributed by atoms with E-state index in [2.05, 4.69) is 62.9 Å². The van der Waals surface area contributed by atoms with Crippen molar-refractivity contribution < 1.29 is 0 Å². The third-order valence-corrected chi connectivity index (χ3v) is 2.96. The van der Waals surface area contributed by atoms with Crippen molar-refractivity contribution in [2.45, 2.75) is 47.6 Å². The molecule has 0 amide bonds. The molecule has 1 aromatic heterocycles. The Hall–Kier alpha value is -1.09. The van der Waals surface area contributed by atoms with Gasteiger partial charge in [0.2, 0.25) is 0 Å². The molecule has 0 saturated heterocycles. The Morgan fingerprint density at radius 3 is 2.58 bits per heavy atom. The highest BCUT2D eigenvalue weighted by atomic mass is 15.1. The Morgan fingerprint density at radius 1 is 1.32 bits per heavy atom. The second-order valence-corrected chi connectivity index (χ2v) is 6.55. The first-order valence-corrected chi connectivity index (χ1v) is 7.21. The predicted octanol–water partition coefficient (Wildman–Crippen LogP) is 3.37. The molecule has 0 fully saturated rings. The van der Waals surface area contributed by atoms with Gasteiger partial charge in [-0.1, -0.05) is 27.7 Å². The fourth-order valence-electron chi connectivity index (χ4n) is 2.26. The summed E-state index contributed by atoms with van der Waals surface area (Å²) in [7, 11) is 2.17. The Morgan fingerprint density at radius 2 is 2.00 bits per heavy atom. The van der Waals surface area contributed by atoms with Gasteiger partial charge in [-0.3, -0.25) is 4.98 Å². The van der Waals surface area contributed by atoms with Crippen LogP contribution >= 0.6 is 0 Å². The van der Waals surface area contributed by atoms with Crippen molar-refractivity contribution in [3.05, 3.63) is 23.5 Å². The first-order chi connectivity index (χ1) is 8.83. The Labute approximate surface area is 118 Å². The van der Waals surface area contributed by atoms with Crippen molar-refractivity contribution in [2.75, 3.05) is 25.0 Å². The maximum atomic E-state index is 4.43. The molecule has 1 N–H and O–H groups in total. The molecule has 0 aliphatic rings. The average molecular weight is 263 g/mol. The molecule has 0 aromatic carbocycles. The number of aromatic nitrogens is 1. The van der Waals surface area contributed by atoms with Gasteiger partial charge in [-0.2, -0.15) is 0 Å². The Balaban J connectivity index is 2.86. The Kier molecular flexibility index (Phi) is 5.80. The van der Waals surface area contributed by atoms with Gasteiger partial charge in [0.05, 0.1) is 0 Å². The molecule has 1 aromatic rings. The molecule has 0 radical (unpaired) electrons. The highest BCUT2D eigenvalue weighted by Crippen LogP contribution is 2.24. The lowest BCUT2D eigenvalue weighted by Crippen LogP contribution is -2.30. The standard InChI is InChI=1S/C16H29N3/c1-7-8-17-10-14-11-18-13(2)9-15(14)19(6)12-16(3,4)5/h9,11,17H,7-8,10,12H2,1-6H3. The lowest BCUT2D eigenvalue weighted by molar-refractivity contribution is 0.418. The topological polar surface area (TPSA) is 28.2 Å². The third-order valence-electron chi connectivity index (χ3n) is 2.96. The van der Waals surface area contributed by atoms with Gasteiger partial charge in [0, 0.05) is 43.3 Å². The van der Waals surface area contributed by atoms with Crippen molar-refractivity contribution in [2.24, 2.45) is 5.41 Å². The van der Waals surface area contributed by atoms with E-state index >= 15 is 0 Å². The van der Waals surface area contributed by atoms with Crippen LogP contribution in [0, 0.1) is 12.3 Å². The number of aryl methyl sites for hydroxylation is 1. The van der Waals surface area contributed by atoms with Gasteiger partial charge in [-0.05, 0) is 31.4 Å². The van der Waals surface area contributed by atoms with Gasteiger partial charge >= 0.3 is 0 Å². The van der Waals surface area contributed by atoms with Crippen molar-refractivity contribution in [3.8, 4) is 0 Å². The minimum Gasteiger partial charge on any atom is -0.374 e. The maximum Gasteiger partial charge on any atom is 0.0443 e. The van der Waals surface area contributed by atoms with E-state index in [9.17, 15) is 0 Å². The van der Waals surface area contributed by atoms with Gasteiger partial charge in [0.25, 0.3) is 0 Å². The van der Waals surface area contributed by atoms with Crippen LogP contribution in [0.1, 0.15) is 45.4 Å². The Bertz CT molecular complexity index is 393. The van der Waals surface area contributed by atoms with E-state index in [1.54, 1.807) is 0 Å². The van der Waals surface area contributed by atoms with E-state index < -0.39 is 0 Å². The summed E-state index contributed by atoms with van der Waals surface area (Å²) in [5, 5.41) is 3.46. The predicted molar refractivity (Wildman–Crippen MR) is 83.7 cm³/mol. The van der Waals surface area contributed by atoms with E-state index in [0.717, 1.165) is 31.7 Å². The SMILES string of the molecule is CCCNCc1cnc(C)cc1N(C)CC(C)(C)C. The lowest BCUT2D eigenvalue weighted by Gasteiger charge is -2.30. The number of nitrogens with one attached hydrogen (secondary N) is 1. The minimum absolute atomic E-state index is 0.292. The molecule has 0 atom stereocenters. The molecule has 0 aliphatic carbocycles. The molecule has 0 unspecified atom stereocenters. The van der Waals surface area contributed by atoms with Gasteiger partial charge in [0.1, 0.15) is 0 Å². The second kappa shape index (κ2) is 6.90. The molecular formula is C16H29N3. The van der Waals surface area contributed by atoms with E-state index in [0.29, 0.717) is 5.41 Å². The zero-order chi connectivity index (χ0) is 14.5. The van der Waals surface area contributed by atoms with Crippen LogP contribution in [0.2, 0.25) is 0 Å². The van der Waals surface area contributed by atoms with Crippen molar-refractivity contribution >= 4 is 5.69 Å². The van der Waals surface area contributed by atoms with Crippen LogP contribution in [0.4, 0.5) is 5.69 Å². The highest BCUT2D eigenvalue weighted by molar-refractivity contribution is 5.53. The van der Waals surface area contributed by atoms with E-state index in [1.807, 2.05) is 6.20 Å².